The molecule has 17 heavy (non-hydrogen) atoms. The van der Waals surface area contributed by atoms with E-state index in [0.29, 0.717) is 13.0 Å². The molecular formula is C13H20N2O2. The molecule has 1 unspecified atom stereocenters. The summed E-state index contributed by atoms with van der Waals surface area (Å²) in [6.07, 6.45) is 0.572. The molecule has 1 aromatic rings. The van der Waals surface area contributed by atoms with E-state index in [1.54, 1.807) is 11.9 Å². The molecule has 0 saturated carbocycles. The molecule has 0 spiro atoms. The summed E-state index contributed by atoms with van der Waals surface area (Å²) in [4.78, 5) is 13.5. The van der Waals surface area contributed by atoms with E-state index >= 15 is 0 Å². The van der Waals surface area contributed by atoms with Gasteiger partial charge in [-0.2, -0.15) is 0 Å². The number of likely N-dealkylation sites (N-methyl/N-ethyl adjacent to an activating group) is 1. The summed E-state index contributed by atoms with van der Waals surface area (Å²) in [5.41, 5.74) is 7.86. The van der Waals surface area contributed by atoms with Crippen LogP contribution >= 0.6 is 0 Å². The molecule has 3 N–H and O–H groups in total. The van der Waals surface area contributed by atoms with Crippen LogP contribution in [0.2, 0.25) is 0 Å². The molecular weight excluding hydrogens is 216 g/mol. The predicted molar refractivity (Wildman–Crippen MR) is 67.4 cm³/mol. The van der Waals surface area contributed by atoms with Crippen molar-refractivity contribution in [1.82, 2.24) is 4.90 Å². The van der Waals surface area contributed by atoms with E-state index in [-0.39, 0.29) is 12.5 Å². The summed E-state index contributed by atoms with van der Waals surface area (Å²) >= 11 is 0. The minimum atomic E-state index is -0.626. The number of benzene rings is 1. The van der Waals surface area contributed by atoms with E-state index in [1.807, 2.05) is 31.2 Å². The van der Waals surface area contributed by atoms with Crippen molar-refractivity contribution in [3.05, 3.63) is 35.4 Å². The van der Waals surface area contributed by atoms with E-state index in [2.05, 4.69) is 0 Å². The second-order valence-electron chi connectivity index (χ2n) is 4.23. The topological polar surface area (TPSA) is 66.6 Å². The first-order chi connectivity index (χ1) is 8.06. The Hall–Kier alpha value is -1.39. The van der Waals surface area contributed by atoms with Crippen LogP contribution in [0.15, 0.2) is 24.3 Å². The minimum absolute atomic E-state index is 0.0807. The molecule has 1 rings (SSSR count). The van der Waals surface area contributed by atoms with Crippen LogP contribution in [0.5, 0.6) is 0 Å². The third kappa shape index (κ3) is 3.84. The standard InChI is InChI=1S/C13H20N2O2/c1-10-4-6-11(7-5-10)12(14)13(17)15(2)8-3-9-16/h4-7,12,16H,3,8-9,14H2,1-2H3. The van der Waals surface area contributed by atoms with Crippen LogP contribution in [0, 0.1) is 6.92 Å². The second kappa shape index (κ2) is 6.37. The number of nitrogens with zero attached hydrogens (tertiary/aromatic N) is 1. The van der Waals surface area contributed by atoms with E-state index in [9.17, 15) is 4.79 Å². The summed E-state index contributed by atoms with van der Waals surface area (Å²) in [6, 6.07) is 7.00. The van der Waals surface area contributed by atoms with E-state index in [0.717, 1.165) is 11.1 Å². The van der Waals surface area contributed by atoms with Crippen LogP contribution in [0.3, 0.4) is 0 Å². The molecule has 0 aliphatic carbocycles. The van der Waals surface area contributed by atoms with Crippen molar-refractivity contribution < 1.29 is 9.90 Å². The summed E-state index contributed by atoms with van der Waals surface area (Å²) in [6.45, 7) is 2.59. The van der Waals surface area contributed by atoms with Crippen LogP contribution in [0.25, 0.3) is 0 Å². The molecule has 0 fully saturated rings. The Morgan fingerprint density at radius 2 is 2.00 bits per heavy atom. The molecule has 1 amide bonds. The predicted octanol–water partition coefficient (Wildman–Crippen LogP) is 0.836. The number of rotatable bonds is 5. The quantitative estimate of drug-likeness (QED) is 0.796. The van der Waals surface area contributed by atoms with Crippen LogP contribution in [0.1, 0.15) is 23.6 Å². The third-order valence-corrected chi connectivity index (χ3v) is 2.73. The van der Waals surface area contributed by atoms with Crippen LogP contribution < -0.4 is 5.73 Å². The fourth-order valence-electron chi connectivity index (χ4n) is 1.57. The highest BCUT2D eigenvalue weighted by Crippen LogP contribution is 2.13. The van der Waals surface area contributed by atoms with Gasteiger partial charge in [0, 0.05) is 20.2 Å². The number of aliphatic hydroxyl groups is 1. The Bertz CT molecular complexity index is 362. The Morgan fingerprint density at radius 1 is 1.41 bits per heavy atom. The Morgan fingerprint density at radius 3 is 2.53 bits per heavy atom. The molecule has 94 valence electrons. The summed E-state index contributed by atoms with van der Waals surface area (Å²) in [5, 5.41) is 8.71. The first kappa shape index (κ1) is 13.7. The maximum atomic E-state index is 12.0. The monoisotopic (exact) mass is 236 g/mol. The van der Waals surface area contributed by atoms with Crippen molar-refractivity contribution in [3.63, 3.8) is 0 Å². The van der Waals surface area contributed by atoms with Gasteiger partial charge in [-0.1, -0.05) is 29.8 Å². The van der Waals surface area contributed by atoms with E-state index in [1.165, 1.54) is 0 Å². The molecule has 0 aliphatic rings. The van der Waals surface area contributed by atoms with Crippen molar-refractivity contribution in [2.75, 3.05) is 20.2 Å². The zero-order valence-corrected chi connectivity index (χ0v) is 10.4. The maximum Gasteiger partial charge on any atom is 0.243 e. The maximum absolute atomic E-state index is 12.0. The third-order valence-electron chi connectivity index (χ3n) is 2.73. The Balaban J connectivity index is 2.65. The van der Waals surface area contributed by atoms with Crippen molar-refractivity contribution >= 4 is 5.91 Å². The summed E-state index contributed by atoms with van der Waals surface area (Å²) < 4.78 is 0. The highest BCUT2D eigenvalue weighted by Gasteiger charge is 2.19. The molecule has 0 aliphatic heterocycles. The lowest BCUT2D eigenvalue weighted by Gasteiger charge is -2.21. The van der Waals surface area contributed by atoms with Gasteiger partial charge in [-0.3, -0.25) is 4.79 Å². The highest BCUT2D eigenvalue weighted by atomic mass is 16.3. The van der Waals surface area contributed by atoms with Gasteiger partial charge in [0.1, 0.15) is 6.04 Å². The zero-order chi connectivity index (χ0) is 12.8. The van der Waals surface area contributed by atoms with E-state index < -0.39 is 6.04 Å². The largest absolute Gasteiger partial charge is 0.396 e. The number of hydrogen-bond donors (Lipinski definition) is 2. The summed E-state index contributed by atoms with van der Waals surface area (Å²) in [5.74, 6) is -0.123. The molecule has 0 heterocycles. The highest BCUT2D eigenvalue weighted by molar-refractivity contribution is 5.82. The number of nitrogens with two attached hydrogens (primary N) is 1. The number of carbonyl (C=O) groups excluding carboxylic acids is 1. The average Bonchev–Trinajstić information content (AvgIpc) is 2.35. The van der Waals surface area contributed by atoms with Gasteiger partial charge >= 0.3 is 0 Å². The fraction of sp³-hybridized carbons (Fsp3) is 0.462. The smallest absolute Gasteiger partial charge is 0.243 e. The number of carbonyl (C=O) groups is 1. The SMILES string of the molecule is Cc1ccc(C(N)C(=O)N(C)CCCO)cc1. The Labute approximate surface area is 102 Å². The lowest BCUT2D eigenvalue weighted by atomic mass is 10.0. The van der Waals surface area contributed by atoms with Crippen molar-refractivity contribution in [2.24, 2.45) is 5.73 Å². The molecule has 1 atom stereocenters. The number of amides is 1. The van der Waals surface area contributed by atoms with Gasteiger partial charge in [0.05, 0.1) is 0 Å². The molecule has 0 saturated heterocycles. The number of hydrogen-bond acceptors (Lipinski definition) is 3. The normalized spacial score (nSPS) is 12.2. The molecule has 4 nitrogen and oxygen atoms in total. The molecule has 0 radical (unpaired) electrons. The fourth-order valence-corrected chi connectivity index (χ4v) is 1.57. The van der Waals surface area contributed by atoms with Crippen LogP contribution in [0.4, 0.5) is 0 Å². The van der Waals surface area contributed by atoms with Gasteiger partial charge in [0.2, 0.25) is 5.91 Å². The van der Waals surface area contributed by atoms with Crippen molar-refractivity contribution in [2.45, 2.75) is 19.4 Å². The van der Waals surface area contributed by atoms with Gasteiger partial charge in [-0.05, 0) is 18.9 Å². The first-order valence-corrected chi connectivity index (χ1v) is 5.74. The lowest BCUT2D eigenvalue weighted by molar-refractivity contribution is -0.131. The van der Waals surface area contributed by atoms with Gasteiger partial charge < -0.3 is 15.7 Å². The second-order valence-corrected chi connectivity index (χ2v) is 4.23. The lowest BCUT2D eigenvalue weighted by Crippen LogP contribution is -2.36. The van der Waals surface area contributed by atoms with Gasteiger partial charge in [0.25, 0.3) is 0 Å². The molecule has 0 bridgehead atoms. The molecule has 4 heteroatoms. The molecule has 0 aromatic heterocycles. The average molecular weight is 236 g/mol. The Kier molecular flexibility index (Phi) is 5.12. The van der Waals surface area contributed by atoms with Crippen molar-refractivity contribution in [3.8, 4) is 0 Å². The van der Waals surface area contributed by atoms with Crippen LogP contribution in [-0.4, -0.2) is 36.1 Å². The van der Waals surface area contributed by atoms with Gasteiger partial charge in [-0.15, -0.1) is 0 Å². The van der Waals surface area contributed by atoms with Gasteiger partial charge in [0.15, 0.2) is 0 Å². The van der Waals surface area contributed by atoms with Gasteiger partial charge in [-0.25, -0.2) is 0 Å². The minimum Gasteiger partial charge on any atom is -0.396 e. The van der Waals surface area contributed by atoms with Crippen molar-refractivity contribution in [1.29, 1.82) is 0 Å². The van der Waals surface area contributed by atoms with E-state index in [4.69, 9.17) is 10.8 Å². The number of aryl methyl sites for hydroxylation is 1. The first-order valence-electron chi connectivity index (χ1n) is 5.74. The van der Waals surface area contributed by atoms with Crippen LogP contribution in [-0.2, 0) is 4.79 Å². The number of aliphatic hydroxyl groups excluding tert-OH is 1. The zero-order valence-electron chi connectivity index (χ0n) is 10.4. The summed E-state index contributed by atoms with van der Waals surface area (Å²) in [7, 11) is 1.70. The molecule has 1 aromatic carbocycles.